The Morgan fingerprint density at radius 3 is 2.80 bits per heavy atom. The maximum atomic E-state index is 5.74. The minimum Gasteiger partial charge on any atom is -0.497 e. The van der Waals surface area contributed by atoms with Gasteiger partial charge in [-0.3, -0.25) is 0 Å². The summed E-state index contributed by atoms with van der Waals surface area (Å²) in [5.74, 6) is 0.784. The predicted octanol–water partition coefficient (Wildman–Crippen LogP) is 3.81. The zero-order valence-electron chi connectivity index (χ0n) is 11.0. The van der Waals surface area contributed by atoms with Crippen molar-refractivity contribution in [3.05, 3.63) is 44.6 Å². The lowest BCUT2D eigenvalue weighted by Gasteiger charge is -2.12. The summed E-state index contributed by atoms with van der Waals surface area (Å²) in [7, 11) is 1.64. The van der Waals surface area contributed by atoms with Crippen LogP contribution in [0.3, 0.4) is 0 Å². The molecule has 3 nitrogen and oxygen atoms in total. The summed E-state index contributed by atoms with van der Waals surface area (Å²) in [5.41, 5.74) is 7.49. The monoisotopic (exact) mass is 370 g/mol. The Balaban J connectivity index is 2.05. The first-order valence-electron chi connectivity index (χ1n) is 6.06. The van der Waals surface area contributed by atoms with Crippen molar-refractivity contribution in [3.63, 3.8) is 0 Å². The Morgan fingerprint density at radius 1 is 1.40 bits per heavy atom. The minimum atomic E-state index is 0.383. The van der Waals surface area contributed by atoms with E-state index in [-0.39, 0.29) is 0 Å². The van der Waals surface area contributed by atoms with Crippen LogP contribution >= 0.6 is 39.5 Å². The normalized spacial score (nSPS) is 10.3. The fourth-order valence-corrected chi connectivity index (χ4v) is 3.48. The zero-order chi connectivity index (χ0) is 14.5. The fourth-order valence-electron chi connectivity index (χ4n) is 1.82. The smallest absolute Gasteiger partial charge is 0.120 e. The second-order valence-electron chi connectivity index (χ2n) is 4.16. The van der Waals surface area contributed by atoms with E-state index in [1.165, 1.54) is 4.88 Å². The average molecular weight is 371 g/mol. The lowest BCUT2D eigenvalue weighted by molar-refractivity contribution is 0.415. The molecule has 0 saturated carbocycles. The summed E-state index contributed by atoms with van der Waals surface area (Å²) < 4.78 is 6.38. The number of hydrogen-bond donors (Lipinski definition) is 2. The van der Waals surface area contributed by atoms with Crippen molar-refractivity contribution in [3.8, 4) is 5.75 Å². The van der Waals surface area contributed by atoms with Crippen LogP contribution in [0.2, 0.25) is 0 Å². The minimum absolute atomic E-state index is 0.383. The average Bonchev–Trinajstić information content (AvgIpc) is 2.84. The number of nitrogens with one attached hydrogen (secondary N) is 1. The molecule has 2 rings (SSSR count). The molecule has 0 bridgehead atoms. The number of thiophene rings is 1. The number of anilines is 1. The Bertz CT molecular complexity index is 613. The van der Waals surface area contributed by atoms with E-state index < -0.39 is 0 Å². The molecule has 0 radical (unpaired) electrons. The SMILES string of the molecule is COc1ccc(C(N)=S)c(NCCc2ccc(Br)s2)c1. The second-order valence-corrected chi connectivity index (χ2v) is 7.15. The van der Waals surface area contributed by atoms with Crippen LogP contribution in [0.25, 0.3) is 0 Å². The van der Waals surface area contributed by atoms with Crippen LogP contribution in [0.15, 0.2) is 34.1 Å². The van der Waals surface area contributed by atoms with Gasteiger partial charge in [0.15, 0.2) is 0 Å². The summed E-state index contributed by atoms with van der Waals surface area (Å²) in [4.78, 5) is 1.71. The molecule has 2 aromatic rings. The van der Waals surface area contributed by atoms with Crippen molar-refractivity contribution in [2.24, 2.45) is 5.73 Å². The van der Waals surface area contributed by atoms with E-state index in [1.807, 2.05) is 18.2 Å². The molecule has 1 aromatic heterocycles. The number of hydrogen-bond acceptors (Lipinski definition) is 4. The second kappa shape index (κ2) is 7.06. The van der Waals surface area contributed by atoms with Gasteiger partial charge in [0, 0.05) is 28.7 Å². The first-order chi connectivity index (χ1) is 9.60. The molecule has 6 heteroatoms. The Morgan fingerprint density at radius 2 is 2.20 bits per heavy atom. The van der Waals surface area contributed by atoms with Crippen molar-refractivity contribution in [2.75, 3.05) is 19.0 Å². The summed E-state index contributed by atoms with van der Waals surface area (Å²) >= 11 is 10.3. The summed E-state index contributed by atoms with van der Waals surface area (Å²) in [6.07, 6.45) is 0.949. The Hall–Kier alpha value is -1.11. The maximum Gasteiger partial charge on any atom is 0.120 e. The molecule has 20 heavy (non-hydrogen) atoms. The van der Waals surface area contributed by atoms with Crippen LogP contribution in [0.1, 0.15) is 10.4 Å². The van der Waals surface area contributed by atoms with Gasteiger partial charge in [0.1, 0.15) is 10.7 Å². The molecule has 0 aliphatic rings. The third-order valence-corrected chi connectivity index (χ3v) is 4.71. The summed E-state index contributed by atoms with van der Waals surface area (Å²) in [6, 6.07) is 9.84. The molecule has 3 N–H and O–H groups in total. The summed E-state index contributed by atoms with van der Waals surface area (Å²) in [5, 5.41) is 3.37. The van der Waals surface area contributed by atoms with Gasteiger partial charge in [0.25, 0.3) is 0 Å². The predicted molar refractivity (Wildman–Crippen MR) is 93.1 cm³/mol. The van der Waals surface area contributed by atoms with E-state index in [2.05, 4.69) is 33.4 Å². The van der Waals surface area contributed by atoms with E-state index in [4.69, 9.17) is 22.7 Å². The van der Waals surface area contributed by atoms with Gasteiger partial charge < -0.3 is 15.8 Å². The van der Waals surface area contributed by atoms with Gasteiger partial charge in [-0.1, -0.05) is 12.2 Å². The van der Waals surface area contributed by atoms with E-state index in [0.717, 1.165) is 33.8 Å². The molecular formula is C14H15BrN2OS2. The van der Waals surface area contributed by atoms with Crippen molar-refractivity contribution >= 4 is 50.2 Å². The highest BCUT2D eigenvalue weighted by atomic mass is 79.9. The number of thiocarbonyl (C=S) groups is 1. The molecule has 0 fully saturated rings. The van der Waals surface area contributed by atoms with Gasteiger partial charge in [-0.2, -0.15) is 0 Å². The highest BCUT2D eigenvalue weighted by molar-refractivity contribution is 9.11. The molecule has 1 aromatic carbocycles. The first kappa shape index (κ1) is 15.3. The van der Waals surface area contributed by atoms with Gasteiger partial charge in [0.2, 0.25) is 0 Å². The first-order valence-corrected chi connectivity index (χ1v) is 8.08. The number of rotatable bonds is 6. The van der Waals surface area contributed by atoms with Crippen LogP contribution in [0.4, 0.5) is 5.69 Å². The lowest BCUT2D eigenvalue weighted by atomic mass is 10.1. The van der Waals surface area contributed by atoms with Gasteiger partial charge in [-0.05, 0) is 46.6 Å². The number of ether oxygens (including phenoxy) is 1. The molecule has 1 heterocycles. The van der Waals surface area contributed by atoms with Crippen LogP contribution < -0.4 is 15.8 Å². The zero-order valence-corrected chi connectivity index (χ0v) is 14.2. The molecule has 0 aliphatic carbocycles. The van der Waals surface area contributed by atoms with E-state index in [1.54, 1.807) is 18.4 Å². The van der Waals surface area contributed by atoms with Crippen molar-refractivity contribution in [1.29, 1.82) is 0 Å². The van der Waals surface area contributed by atoms with Gasteiger partial charge in [-0.25, -0.2) is 0 Å². The lowest BCUT2D eigenvalue weighted by Crippen LogP contribution is -2.14. The van der Waals surface area contributed by atoms with Crippen LogP contribution in [0.5, 0.6) is 5.75 Å². The molecule has 0 amide bonds. The highest BCUT2D eigenvalue weighted by Crippen LogP contribution is 2.24. The van der Waals surface area contributed by atoms with Crippen LogP contribution in [-0.4, -0.2) is 18.6 Å². The number of benzene rings is 1. The van der Waals surface area contributed by atoms with Gasteiger partial charge in [-0.15, -0.1) is 11.3 Å². The van der Waals surface area contributed by atoms with Gasteiger partial charge in [0.05, 0.1) is 10.9 Å². The molecule has 0 aliphatic heterocycles. The third-order valence-electron chi connectivity index (χ3n) is 2.81. The molecule has 106 valence electrons. The molecular weight excluding hydrogens is 356 g/mol. The number of nitrogens with two attached hydrogens (primary N) is 1. The van der Waals surface area contributed by atoms with E-state index >= 15 is 0 Å². The molecule has 0 atom stereocenters. The highest BCUT2D eigenvalue weighted by Gasteiger charge is 2.07. The molecule has 0 spiro atoms. The van der Waals surface area contributed by atoms with Crippen molar-refractivity contribution in [1.82, 2.24) is 0 Å². The largest absolute Gasteiger partial charge is 0.497 e. The number of methoxy groups -OCH3 is 1. The van der Waals surface area contributed by atoms with E-state index in [0.29, 0.717) is 4.99 Å². The van der Waals surface area contributed by atoms with E-state index in [9.17, 15) is 0 Å². The standard InChI is InChI=1S/C14H15BrN2OS2/c1-18-9-2-4-11(14(16)19)12(8-9)17-7-6-10-3-5-13(15)20-10/h2-5,8,17H,6-7H2,1H3,(H2,16,19). The van der Waals surface area contributed by atoms with Crippen LogP contribution in [-0.2, 0) is 6.42 Å². The Labute approximate surface area is 136 Å². The molecule has 0 saturated heterocycles. The molecule has 0 unspecified atom stereocenters. The third kappa shape index (κ3) is 3.94. The Kier molecular flexibility index (Phi) is 5.39. The number of halogens is 1. The van der Waals surface area contributed by atoms with Crippen LogP contribution in [0, 0.1) is 0 Å². The maximum absolute atomic E-state index is 5.74. The summed E-state index contributed by atoms with van der Waals surface area (Å²) in [6.45, 7) is 0.815. The fraction of sp³-hybridized carbons (Fsp3) is 0.214. The van der Waals surface area contributed by atoms with Crippen molar-refractivity contribution < 1.29 is 4.74 Å². The van der Waals surface area contributed by atoms with Gasteiger partial charge >= 0.3 is 0 Å². The van der Waals surface area contributed by atoms with Crippen molar-refractivity contribution in [2.45, 2.75) is 6.42 Å². The quantitative estimate of drug-likeness (QED) is 0.759. The topological polar surface area (TPSA) is 47.3 Å².